The van der Waals surface area contributed by atoms with Crippen LogP contribution in [0.15, 0.2) is 30.3 Å². The average Bonchev–Trinajstić information content (AvgIpc) is 2.43. The van der Waals surface area contributed by atoms with E-state index in [2.05, 4.69) is 16.6 Å². The van der Waals surface area contributed by atoms with Gasteiger partial charge in [-0.25, -0.2) is 0 Å². The quantitative estimate of drug-likeness (QED) is 0.337. The summed E-state index contributed by atoms with van der Waals surface area (Å²) in [6, 6.07) is 9.57. The predicted molar refractivity (Wildman–Crippen MR) is 70.4 cm³/mol. The highest BCUT2D eigenvalue weighted by atomic mass is 16.5. The fourth-order valence-corrected chi connectivity index (χ4v) is 1.29. The van der Waals surface area contributed by atoms with Crippen LogP contribution in [-0.4, -0.2) is 32.1 Å². The third-order valence-corrected chi connectivity index (χ3v) is 2.28. The number of rotatable bonds is 6. The van der Waals surface area contributed by atoms with Crippen LogP contribution < -0.4 is 0 Å². The number of esters is 1. The van der Waals surface area contributed by atoms with E-state index in [9.17, 15) is 9.59 Å². The molecule has 0 N–H and O–H groups in total. The molecule has 0 spiro atoms. The van der Waals surface area contributed by atoms with Gasteiger partial charge in [-0.2, -0.15) is 0 Å². The summed E-state index contributed by atoms with van der Waals surface area (Å²) >= 11 is 0. The van der Waals surface area contributed by atoms with Gasteiger partial charge in [-0.1, -0.05) is 30.0 Å². The van der Waals surface area contributed by atoms with Gasteiger partial charge in [-0.05, 0) is 12.1 Å². The van der Waals surface area contributed by atoms with Crippen LogP contribution in [0.3, 0.4) is 0 Å². The van der Waals surface area contributed by atoms with Gasteiger partial charge in [-0.3, -0.25) is 9.59 Å². The fraction of sp³-hybridized carbons (Fsp3) is 0.333. The van der Waals surface area contributed by atoms with Crippen LogP contribution >= 0.6 is 0 Å². The molecule has 0 aliphatic carbocycles. The Balaban J connectivity index is 2.13. The molecule has 1 aromatic carbocycles. The molecule has 0 bridgehead atoms. The van der Waals surface area contributed by atoms with Crippen molar-refractivity contribution in [1.82, 2.24) is 0 Å². The largest absolute Gasteiger partial charge is 0.469 e. The van der Waals surface area contributed by atoms with Crippen LogP contribution in [0.2, 0.25) is 0 Å². The summed E-state index contributed by atoms with van der Waals surface area (Å²) in [5.74, 6) is 5.08. The Morgan fingerprint density at radius 2 is 1.95 bits per heavy atom. The number of hydrogen-bond acceptors (Lipinski definition) is 4. The van der Waals surface area contributed by atoms with E-state index in [1.165, 1.54) is 7.11 Å². The second kappa shape index (κ2) is 8.90. The lowest BCUT2D eigenvalue weighted by Crippen LogP contribution is -2.11. The molecule has 0 atom stereocenters. The lowest BCUT2D eigenvalue weighted by Gasteiger charge is -1.99. The summed E-state index contributed by atoms with van der Waals surface area (Å²) in [6.45, 7) is 0.527. The smallest absolute Gasteiger partial charge is 0.313 e. The molecule has 0 fully saturated rings. The zero-order valence-corrected chi connectivity index (χ0v) is 10.8. The van der Waals surface area contributed by atoms with Gasteiger partial charge in [0.25, 0.3) is 0 Å². The first kappa shape index (κ1) is 14.9. The van der Waals surface area contributed by atoms with Crippen molar-refractivity contribution in [2.24, 2.45) is 0 Å². The monoisotopic (exact) mass is 260 g/mol. The Bertz CT molecular complexity index is 468. The molecule has 1 rings (SSSR count). The molecular formula is C15H16O4. The van der Waals surface area contributed by atoms with E-state index in [0.29, 0.717) is 0 Å². The molecule has 4 nitrogen and oxygen atoms in total. The molecule has 100 valence electrons. The summed E-state index contributed by atoms with van der Waals surface area (Å²) in [5, 5.41) is 0. The standard InChI is InChI=1S/C15H16O4/c1-18-15(17)12-14(16)9-11-19-10-5-8-13-6-3-2-4-7-13/h2-4,6-7H,9-12H2,1H3. The van der Waals surface area contributed by atoms with Crippen molar-refractivity contribution in [3.63, 3.8) is 0 Å². The van der Waals surface area contributed by atoms with Crippen molar-refractivity contribution in [1.29, 1.82) is 0 Å². The van der Waals surface area contributed by atoms with Gasteiger partial charge in [0.15, 0.2) is 0 Å². The third-order valence-electron chi connectivity index (χ3n) is 2.28. The first-order valence-corrected chi connectivity index (χ1v) is 5.92. The molecule has 0 heterocycles. The molecule has 0 unspecified atom stereocenters. The highest BCUT2D eigenvalue weighted by Gasteiger charge is 2.08. The lowest BCUT2D eigenvalue weighted by molar-refractivity contribution is -0.143. The number of carbonyl (C=O) groups excluding carboxylic acids is 2. The van der Waals surface area contributed by atoms with Crippen LogP contribution in [0.4, 0.5) is 0 Å². The van der Waals surface area contributed by atoms with Crippen molar-refractivity contribution < 1.29 is 19.1 Å². The minimum atomic E-state index is -0.520. The second-order valence-corrected chi connectivity index (χ2v) is 3.76. The maximum Gasteiger partial charge on any atom is 0.313 e. The van der Waals surface area contributed by atoms with Crippen molar-refractivity contribution in [2.45, 2.75) is 12.8 Å². The molecule has 0 aromatic heterocycles. The van der Waals surface area contributed by atoms with Crippen molar-refractivity contribution in [3.05, 3.63) is 35.9 Å². The van der Waals surface area contributed by atoms with Gasteiger partial charge in [0.05, 0.1) is 13.7 Å². The van der Waals surface area contributed by atoms with E-state index in [4.69, 9.17) is 4.74 Å². The number of ketones is 1. The lowest BCUT2D eigenvalue weighted by atomic mass is 10.2. The summed E-state index contributed by atoms with van der Waals surface area (Å²) in [5.41, 5.74) is 0.924. The van der Waals surface area contributed by atoms with E-state index in [0.717, 1.165) is 5.56 Å². The van der Waals surface area contributed by atoms with Crippen LogP contribution in [0.5, 0.6) is 0 Å². The zero-order valence-electron chi connectivity index (χ0n) is 10.8. The Morgan fingerprint density at radius 3 is 2.63 bits per heavy atom. The summed E-state index contributed by atoms with van der Waals surface area (Å²) in [6.07, 6.45) is -0.00231. The van der Waals surface area contributed by atoms with Gasteiger partial charge < -0.3 is 9.47 Å². The van der Waals surface area contributed by atoms with Crippen LogP contribution in [0.25, 0.3) is 0 Å². The molecule has 0 saturated carbocycles. The molecule has 1 aromatic rings. The van der Waals surface area contributed by atoms with E-state index >= 15 is 0 Å². The molecule has 0 radical (unpaired) electrons. The number of carbonyl (C=O) groups is 2. The fourth-order valence-electron chi connectivity index (χ4n) is 1.29. The molecule has 0 aliphatic rings. The Hall–Kier alpha value is -2.12. The number of Topliss-reactive ketones (excluding diaryl/α,β-unsaturated/α-hetero) is 1. The van der Waals surface area contributed by atoms with Gasteiger partial charge in [0, 0.05) is 12.0 Å². The third kappa shape index (κ3) is 7.02. The zero-order chi connectivity index (χ0) is 13.9. The Kier molecular flexibility index (Phi) is 7.00. The van der Waals surface area contributed by atoms with E-state index in [1.54, 1.807) is 0 Å². The highest BCUT2D eigenvalue weighted by Crippen LogP contribution is 1.95. The van der Waals surface area contributed by atoms with Gasteiger partial charge >= 0.3 is 5.97 Å². The summed E-state index contributed by atoms with van der Waals surface area (Å²) < 4.78 is 9.59. The summed E-state index contributed by atoms with van der Waals surface area (Å²) in [7, 11) is 1.26. The number of ether oxygens (including phenoxy) is 2. The number of benzene rings is 1. The topological polar surface area (TPSA) is 52.6 Å². The molecule has 19 heavy (non-hydrogen) atoms. The SMILES string of the molecule is COC(=O)CC(=O)CCOCC#Cc1ccccc1. The summed E-state index contributed by atoms with van der Waals surface area (Å²) in [4.78, 5) is 22.1. The van der Waals surface area contributed by atoms with Crippen molar-refractivity contribution >= 4 is 11.8 Å². The minimum Gasteiger partial charge on any atom is -0.469 e. The Labute approximate surface area is 112 Å². The molecule has 0 aliphatic heterocycles. The maximum absolute atomic E-state index is 11.2. The number of methoxy groups -OCH3 is 1. The van der Waals surface area contributed by atoms with Gasteiger partial charge in [0.2, 0.25) is 0 Å². The van der Waals surface area contributed by atoms with E-state index in [-0.39, 0.29) is 31.8 Å². The molecule has 0 amide bonds. The van der Waals surface area contributed by atoms with Gasteiger partial charge in [0.1, 0.15) is 18.8 Å². The second-order valence-electron chi connectivity index (χ2n) is 3.76. The highest BCUT2D eigenvalue weighted by molar-refractivity contribution is 5.95. The van der Waals surface area contributed by atoms with Crippen LogP contribution in [-0.2, 0) is 19.1 Å². The van der Waals surface area contributed by atoms with Crippen molar-refractivity contribution in [2.75, 3.05) is 20.3 Å². The minimum absolute atomic E-state index is 0.192. The van der Waals surface area contributed by atoms with Crippen LogP contribution in [0.1, 0.15) is 18.4 Å². The average molecular weight is 260 g/mol. The van der Waals surface area contributed by atoms with Crippen LogP contribution in [0, 0.1) is 11.8 Å². The Morgan fingerprint density at radius 1 is 1.21 bits per heavy atom. The maximum atomic E-state index is 11.2. The molecule has 0 saturated heterocycles. The normalized spacial score (nSPS) is 9.32. The predicted octanol–water partition coefficient (Wildman–Crippen LogP) is 1.58. The van der Waals surface area contributed by atoms with E-state index < -0.39 is 5.97 Å². The first-order valence-electron chi connectivity index (χ1n) is 5.92. The van der Waals surface area contributed by atoms with Gasteiger partial charge in [-0.15, -0.1) is 0 Å². The number of hydrogen-bond donors (Lipinski definition) is 0. The first-order chi connectivity index (χ1) is 9.22. The molecular weight excluding hydrogens is 244 g/mol. The molecule has 4 heteroatoms. The van der Waals surface area contributed by atoms with Crippen molar-refractivity contribution in [3.8, 4) is 11.8 Å². The van der Waals surface area contributed by atoms with E-state index in [1.807, 2.05) is 30.3 Å².